The van der Waals surface area contributed by atoms with Crippen molar-refractivity contribution < 1.29 is 27.9 Å². The van der Waals surface area contributed by atoms with Gasteiger partial charge in [-0.15, -0.1) is 0 Å². The van der Waals surface area contributed by atoms with Crippen LogP contribution in [0.2, 0.25) is 0 Å². The van der Waals surface area contributed by atoms with Crippen LogP contribution in [-0.2, 0) is 10.7 Å². The fourth-order valence-corrected chi connectivity index (χ4v) is 2.03. The van der Waals surface area contributed by atoms with Gasteiger partial charge in [0.05, 0.1) is 11.6 Å². The Labute approximate surface area is 126 Å². The molecule has 0 aliphatic heterocycles. The maximum absolute atomic E-state index is 14.3. The molecule has 1 unspecified atom stereocenters. The van der Waals surface area contributed by atoms with Crippen LogP contribution in [0.5, 0.6) is 0 Å². The molecule has 4 nitrogen and oxygen atoms in total. The van der Waals surface area contributed by atoms with Crippen LogP contribution in [0.25, 0.3) is 0 Å². The van der Waals surface area contributed by atoms with E-state index in [-0.39, 0.29) is 12.0 Å². The van der Waals surface area contributed by atoms with Crippen LogP contribution in [0.1, 0.15) is 50.3 Å². The molecule has 0 aromatic heterocycles. The van der Waals surface area contributed by atoms with Crippen molar-refractivity contribution in [2.75, 3.05) is 0 Å². The lowest BCUT2D eigenvalue weighted by atomic mass is 9.96. The van der Waals surface area contributed by atoms with E-state index in [0.29, 0.717) is 12.8 Å². The van der Waals surface area contributed by atoms with E-state index in [1.807, 2.05) is 5.32 Å². The molecule has 1 aromatic rings. The highest BCUT2D eigenvalue weighted by Gasteiger charge is 2.42. The number of halogens is 3. The number of unbranched alkanes of at least 4 members (excludes halogenated alkanes) is 1. The molecule has 0 bridgehead atoms. The van der Waals surface area contributed by atoms with Crippen molar-refractivity contribution in [1.82, 2.24) is 5.32 Å². The Bertz CT molecular complexity index is 561. The summed E-state index contributed by atoms with van der Waals surface area (Å²) in [6.07, 6.45) is -0.865. The Morgan fingerprint density at radius 1 is 1.36 bits per heavy atom. The van der Waals surface area contributed by atoms with Crippen molar-refractivity contribution in [2.45, 2.75) is 45.1 Å². The molecule has 0 aliphatic rings. The van der Waals surface area contributed by atoms with Gasteiger partial charge in [-0.05, 0) is 19.4 Å². The topological polar surface area (TPSA) is 66.4 Å². The van der Waals surface area contributed by atoms with Crippen molar-refractivity contribution in [2.24, 2.45) is 0 Å². The van der Waals surface area contributed by atoms with Gasteiger partial charge < -0.3 is 10.4 Å². The lowest BCUT2D eigenvalue weighted by molar-refractivity contribution is -0.145. The highest BCUT2D eigenvalue weighted by molar-refractivity contribution is 5.87. The number of benzene rings is 1. The summed E-state index contributed by atoms with van der Waals surface area (Å²) in [5.74, 6) is -6.54. The maximum Gasteiger partial charge on any atom is 0.405 e. The molecule has 0 radical (unpaired) electrons. The van der Waals surface area contributed by atoms with Gasteiger partial charge in [0.25, 0.3) is 0 Å². The van der Waals surface area contributed by atoms with Crippen LogP contribution in [0.15, 0.2) is 18.2 Å². The number of amides is 1. The van der Waals surface area contributed by atoms with Crippen LogP contribution in [-0.4, -0.2) is 17.0 Å². The second-order valence-corrected chi connectivity index (χ2v) is 4.98. The molecule has 0 spiro atoms. The van der Waals surface area contributed by atoms with Crippen LogP contribution in [0.3, 0.4) is 0 Å². The van der Waals surface area contributed by atoms with Crippen molar-refractivity contribution in [1.29, 1.82) is 0 Å². The van der Waals surface area contributed by atoms with Gasteiger partial charge in [0.1, 0.15) is 5.82 Å². The molecule has 1 aromatic carbocycles. The summed E-state index contributed by atoms with van der Waals surface area (Å²) in [5.41, 5.74) is -1.26. The summed E-state index contributed by atoms with van der Waals surface area (Å²) in [4.78, 5) is 22.2. The van der Waals surface area contributed by atoms with Crippen LogP contribution >= 0.6 is 0 Å². The van der Waals surface area contributed by atoms with Gasteiger partial charge in [-0.3, -0.25) is 4.79 Å². The number of hydrogen-bond donors (Lipinski definition) is 2. The summed E-state index contributed by atoms with van der Waals surface area (Å²) >= 11 is 0. The number of carbonyl (C=O) groups excluding carboxylic acids is 1. The van der Waals surface area contributed by atoms with E-state index in [2.05, 4.69) is 0 Å². The van der Waals surface area contributed by atoms with Crippen LogP contribution < -0.4 is 5.32 Å². The second kappa shape index (κ2) is 7.29. The molecule has 0 fully saturated rings. The van der Waals surface area contributed by atoms with E-state index in [0.717, 1.165) is 6.07 Å². The second-order valence-electron chi connectivity index (χ2n) is 4.98. The summed E-state index contributed by atoms with van der Waals surface area (Å²) < 4.78 is 42.5. The van der Waals surface area contributed by atoms with Crippen molar-refractivity contribution in [3.05, 3.63) is 35.1 Å². The van der Waals surface area contributed by atoms with Crippen molar-refractivity contribution >= 4 is 11.9 Å². The van der Waals surface area contributed by atoms with Crippen molar-refractivity contribution in [3.63, 3.8) is 0 Å². The molecule has 0 saturated heterocycles. The monoisotopic (exact) mass is 317 g/mol. The van der Waals surface area contributed by atoms with Gasteiger partial charge in [0, 0.05) is 12.0 Å². The zero-order valence-corrected chi connectivity index (χ0v) is 12.3. The number of carbonyl (C=O) groups is 2. The Balaban J connectivity index is 3.15. The third kappa shape index (κ3) is 3.99. The summed E-state index contributed by atoms with van der Waals surface area (Å²) in [6, 6.07) is 2.20. The predicted molar refractivity (Wildman–Crippen MR) is 74.4 cm³/mol. The molecular formula is C15H18F3NO3. The summed E-state index contributed by atoms with van der Waals surface area (Å²) in [5, 5.41) is 10.6. The minimum absolute atomic E-state index is 0.233. The Hall–Kier alpha value is -2.05. The van der Waals surface area contributed by atoms with Crippen LogP contribution in [0, 0.1) is 5.82 Å². The molecule has 0 heterocycles. The maximum atomic E-state index is 14.3. The quantitative estimate of drug-likeness (QED) is 0.798. The standard InChI is InChI=1S/C15H18F3NO3/c1-3-4-8-12(20)15(17,18)11-7-5-6-10(13(11)16)9(2)19-14(21)22/h5-7,9,19H,3-4,8H2,1-2H3,(H,21,22). The van der Waals surface area contributed by atoms with Gasteiger partial charge in [0.15, 0.2) is 0 Å². The number of alkyl halides is 2. The summed E-state index contributed by atoms with van der Waals surface area (Å²) in [6.45, 7) is 3.08. The molecule has 0 saturated carbocycles. The minimum Gasteiger partial charge on any atom is -0.465 e. The summed E-state index contributed by atoms with van der Waals surface area (Å²) in [7, 11) is 0. The molecule has 1 rings (SSSR count). The normalized spacial score (nSPS) is 12.8. The van der Waals surface area contributed by atoms with E-state index < -0.39 is 35.2 Å². The first-order valence-electron chi connectivity index (χ1n) is 6.91. The number of hydrogen-bond acceptors (Lipinski definition) is 2. The average Bonchev–Trinajstić information content (AvgIpc) is 2.43. The van der Waals surface area contributed by atoms with Gasteiger partial charge in [0.2, 0.25) is 5.78 Å². The fourth-order valence-electron chi connectivity index (χ4n) is 2.03. The number of nitrogens with one attached hydrogen (secondary N) is 1. The first-order chi connectivity index (χ1) is 10.2. The average molecular weight is 317 g/mol. The van der Waals surface area contributed by atoms with E-state index >= 15 is 0 Å². The smallest absolute Gasteiger partial charge is 0.405 e. The molecule has 7 heteroatoms. The van der Waals surface area contributed by atoms with Crippen molar-refractivity contribution in [3.8, 4) is 0 Å². The highest BCUT2D eigenvalue weighted by atomic mass is 19.3. The third-order valence-electron chi connectivity index (χ3n) is 3.28. The van der Waals surface area contributed by atoms with E-state index in [1.165, 1.54) is 19.1 Å². The first kappa shape index (κ1) is 18.0. The molecular weight excluding hydrogens is 299 g/mol. The molecule has 122 valence electrons. The molecule has 2 N–H and O–H groups in total. The first-order valence-corrected chi connectivity index (χ1v) is 6.91. The van der Waals surface area contributed by atoms with Gasteiger partial charge in [-0.1, -0.05) is 25.5 Å². The largest absolute Gasteiger partial charge is 0.465 e. The lowest BCUT2D eigenvalue weighted by Gasteiger charge is -2.19. The fraction of sp³-hybridized carbons (Fsp3) is 0.467. The van der Waals surface area contributed by atoms with Gasteiger partial charge in [-0.25, -0.2) is 9.18 Å². The molecule has 0 aliphatic carbocycles. The minimum atomic E-state index is -3.93. The molecule has 1 amide bonds. The van der Waals surface area contributed by atoms with Gasteiger partial charge in [-0.2, -0.15) is 8.78 Å². The Kier molecular flexibility index (Phi) is 5.96. The molecule has 22 heavy (non-hydrogen) atoms. The van der Waals surface area contributed by atoms with Gasteiger partial charge >= 0.3 is 12.0 Å². The highest BCUT2D eigenvalue weighted by Crippen LogP contribution is 2.35. The van der Waals surface area contributed by atoms with E-state index in [4.69, 9.17) is 5.11 Å². The van der Waals surface area contributed by atoms with E-state index in [1.54, 1.807) is 6.92 Å². The zero-order valence-electron chi connectivity index (χ0n) is 12.3. The number of rotatable bonds is 7. The predicted octanol–water partition coefficient (Wildman–Crippen LogP) is 4.01. The molecule has 1 atom stereocenters. The van der Waals surface area contributed by atoms with E-state index in [9.17, 15) is 22.8 Å². The number of Topliss-reactive ketones (excluding diaryl/α,β-unsaturated/α-hetero) is 1. The zero-order chi connectivity index (χ0) is 16.9. The van der Waals surface area contributed by atoms with Crippen LogP contribution in [0.4, 0.5) is 18.0 Å². The third-order valence-corrected chi connectivity index (χ3v) is 3.28. The number of carboxylic acid groups (broad SMARTS) is 1. The lowest BCUT2D eigenvalue weighted by Crippen LogP contribution is -2.29. The number of ketones is 1. The Morgan fingerprint density at radius 2 is 2.00 bits per heavy atom. The SMILES string of the molecule is CCCCC(=O)C(F)(F)c1cccc(C(C)NC(=O)O)c1F. The Morgan fingerprint density at radius 3 is 2.55 bits per heavy atom.